The molecule has 1 spiro atoms. The fourth-order valence-corrected chi connectivity index (χ4v) is 4.21. The van der Waals surface area contributed by atoms with Gasteiger partial charge in [0.2, 0.25) is 0 Å². The van der Waals surface area contributed by atoms with Gasteiger partial charge in [0.1, 0.15) is 11.9 Å². The lowest BCUT2D eigenvalue weighted by Crippen LogP contribution is -2.59. The van der Waals surface area contributed by atoms with Gasteiger partial charge in [-0.15, -0.1) is 0 Å². The number of carbonyl (C=O) groups is 1. The second kappa shape index (κ2) is 6.16. The van der Waals surface area contributed by atoms with Crippen LogP contribution in [0.5, 0.6) is 0 Å². The normalized spacial score (nSPS) is 31.7. The number of aromatic nitrogens is 2. The largest absolute Gasteiger partial charge is 0.368 e. The van der Waals surface area contributed by atoms with E-state index in [2.05, 4.69) is 9.97 Å². The lowest BCUT2D eigenvalue weighted by Gasteiger charge is -2.46. The minimum Gasteiger partial charge on any atom is -0.368 e. The monoisotopic (exact) mass is 352 g/mol. The lowest BCUT2D eigenvalue weighted by atomic mass is 9.75. The number of alkyl halides is 2. The number of anilines is 1. The van der Waals surface area contributed by atoms with Crippen LogP contribution in [0.3, 0.4) is 0 Å². The molecule has 1 amide bonds. The standard InChI is InChI=1S/C17H22F2N4O2/c18-17(19)4-8-23(15(24)13-2-1-9-25-13)12-16(17)3-7-22(11-16)14-10-20-5-6-21-14/h5-6,10,13H,1-4,7-9,11-12H2/t13-,16+/m1/s1. The number of hydrogen-bond acceptors (Lipinski definition) is 5. The van der Waals surface area contributed by atoms with E-state index in [4.69, 9.17) is 4.74 Å². The Morgan fingerprint density at radius 3 is 2.84 bits per heavy atom. The van der Waals surface area contributed by atoms with Gasteiger partial charge in [-0.3, -0.25) is 9.78 Å². The zero-order valence-electron chi connectivity index (χ0n) is 14.0. The third kappa shape index (κ3) is 2.86. The SMILES string of the molecule is O=C([C@H]1CCCO1)N1CCC(F)(F)[C@]2(CCN(c3cnccn3)C2)C1. The van der Waals surface area contributed by atoms with Crippen molar-refractivity contribution >= 4 is 11.7 Å². The first-order chi connectivity index (χ1) is 12.0. The van der Waals surface area contributed by atoms with E-state index >= 15 is 0 Å². The highest BCUT2D eigenvalue weighted by Crippen LogP contribution is 2.50. The van der Waals surface area contributed by atoms with Crippen LogP contribution in [0.4, 0.5) is 14.6 Å². The van der Waals surface area contributed by atoms with E-state index in [1.807, 2.05) is 4.90 Å². The number of piperidine rings is 1. The number of nitrogens with zero attached hydrogens (tertiary/aromatic N) is 4. The number of ether oxygens (including phenoxy) is 1. The molecule has 136 valence electrons. The van der Waals surface area contributed by atoms with E-state index in [9.17, 15) is 13.6 Å². The van der Waals surface area contributed by atoms with Gasteiger partial charge in [0.15, 0.2) is 0 Å². The Morgan fingerprint density at radius 1 is 1.24 bits per heavy atom. The average molecular weight is 352 g/mol. The predicted octanol–water partition coefficient (Wildman–Crippen LogP) is 1.72. The van der Waals surface area contributed by atoms with Gasteiger partial charge < -0.3 is 14.5 Å². The van der Waals surface area contributed by atoms with Crippen molar-refractivity contribution in [3.63, 3.8) is 0 Å². The molecule has 3 aliphatic heterocycles. The van der Waals surface area contributed by atoms with Crippen LogP contribution in [0.15, 0.2) is 18.6 Å². The first-order valence-corrected chi connectivity index (χ1v) is 8.80. The molecule has 0 unspecified atom stereocenters. The number of carbonyl (C=O) groups excluding carboxylic acids is 1. The molecule has 4 heterocycles. The molecule has 0 saturated carbocycles. The van der Waals surface area contributed by atoms with E-state index in [1.165, 1.54) is 0 Å². The van der Waals surface area contributed by atoms with Gasteiger partial charge in [-0.05, 0) is 19.3 Å². The number of hydrogen-bond donors (Lipinski definition) is 0. The maximum absolute atomic E-state index is 14.8. The molecule has 4 rings (SSSR count). The first-order valence-electron chi connectivity index (χ1n) is 8.80. The molecule has 3 aliphatic rings. The quantitative estimate of drug-likeness (QED) is 0.811. The lowest BCUT2D eigenvalue weighted by molar-refractivity contribution is -0.173. The topological polar surface area (TPSA) is 58.6 Å². The zero-order valence-corrected chi connectivity index (χ0v) is 14.0. The summed E-state index contributed by atoms with van der Waals surface area (Å²) in [6, 6.07) is 0. The Bertz CT molecular complexity index is 639. The van der Waals surface area contributed by atoms with E-state index in [0.29, 0.717) is 31.8 Å². The Hall–Kier alpha value is -1.83. The maximum Gasteiger partial charge on any atom is 0.258 e. The predicted molar refractivity (Wildman–Crippen MR) is 86.4 cm³/mol. The molecular weight excluding hydrogens is 330 g/mol. The summed E-state index contributed by atoms with van der Waals surface area (Å²) < 4.78 is 35.1. The van der Waals surface area contributed by atoms with Crippen LogP contribution in [0.2, 0.25) is 0 Å². The fraction of sp³-hybridized carbons (Fsp3) is 0.706. The molecule has 25 heavy (non-hydrogen) atoms. The Balaban J connectivity index is 1.53. The molecule has 0 aromatic carbocycles. The van der Waals surface area contributed by atoms with Crippen LogP contribution in [0, 0.1) is 5.41 Å². The average Bonchev–Trinajstić information content (AvgIpc) is 3.29. The summed E-state index contributed by atoms with van der Waals surface area (Å²) in [5, 5.41) is 0. The molecule has 3 fully saturated rings. The fourth-order valence-electron chi connectivity index (χ4n) is 4.21. The van der Waals surface area contributed by atoms with E-state index in [0.717, 1.165) is 6.42 Å². The number of likely N-dealkylation sites (tertiary alicyclic amines) is 1. The number of halogens is 2. The van der Waals surface area contributed by atoms with Crippen LogP contribution >= 0.6 is 0 Å². The molecule has 0 N–H and O–H groups in total. The maximum atomic E-state index is 14.8. The molecule has 6 nitrogen and oxygen atoms in total. The van der Waals surface area contributed by atoms with Crippen LogP contribution < -0.4 is 4.90 Å². The van der Waals surface area contributed by atoms with Crippen molar-refractivity contribution in [3.8, 4) is 0 Å². The molecule has 0 aliphatic carbocycles. The summed E-state index contributed by atoms with van der Waals surface area (Å²) >= 11 is 0. The highest BCUT2D eigenvalue weighted by molar-refractivity contribution is 5.81. The molecule has 8 heteroatoms. The van der Waals surface area contributed by atoms with Gasteiger partial charge in [0.25, 0.3) is 11.8 Å². The second-order valence-electron chi connectivity index (χ2n) is 7.23. The van der Waals surface area contributed by atoms with Gasteiger partial charge in [0, 0.05) is 51.6 Å². The van der Waals surface area contributed by atoms with Crippen LogP contribution in [0.1, 0.15) is 25.7 Å². The van der Waals surface area contributed by atoms with Gasteiger partial charge in [-0.25, -0.2) is 13.8 Å². The van der Waals surface area contributed by atoms with E-state index < -0.39 is 17.4 Å². The van der Waals surface area contributed by atoms with Crippen LogP contribution in [0.25, 0.3) is 0 Å². The van der Waals surface area contributed by atoms with Crippen LogP contribution in [-0.4, -0.2) is 65.6 Å². The van der Waals surface area contributed by atoms with Crippen molar-refractivity contribution in [2.75, 3.05) is 37.7 Å². The van der Waals surface area contributed by atoms with Gasteiger partial charge in [-0.2, -0.15) is 0 Å². The molecule has 1 aromatic rings. The zero-order chi connectivity index (χ0) is 17.5. The first kappa shape index (κ1) is 16.6. The van der Waals surface area contributed by atoms with Crippen molar-refractivity contribution in [1.82, 2.24) is 14.9 Å². The summed E-state index contributed by atoms with van der Waals surface area (Å²) in [5.41, 5.74) is -1.23. The van der Waals surface area contributed by atoms with Crippen molar-refractivity contribution in [1.29, 1.82) is 0 Å². The summed E-state index contributed by atoms with van der Waals surface area (Å²) in [6.07, 6.45) is 5.84. The summed E-state index contributed by atoms with van der Waals surface area (Å²) in [4.78, 5) is 24.3. The molecule has 3 saturated heterocycles. The van der Waals surface area contributed by atoms with Crippen molar-refractivity contribution in [2.45, 2.75) is 37.7 Å². The third-order valence-electron chi connectivity index (χ3n) is 5.71. The molecule has 0 radical (unpaired) electrons. The minimum absolute atomic E-state index is 0.0788. The van der Waals surface area contributed by atoms with Crippen molar-refractivity contribution in [3.05, 3.63) is 18.6 Å². The third-order valence-corrected chi connectivity index (χ3v) is 5.71. The second-order valence-corrected chi connectivity index (χ2v) is 7.23. The van der Waals surface area contributed by atoms with E-state index in [1.54, 1.807) is 23.5 Å². The van der Waals surface area contributed by atoms with Crippen molar-refractivity contribution in [2.24, 2.45) is 5.41 Å². The molecule has 0 bridgehead atoms. The summed E-state index contributed by atoms with van der Waals surface area (Å²) in [6.45, 7) is 1.43. The smallest absolute Gasteiger partial charge is 0.258 e. The Morgan fingerprint density at radius 2 is 2.12 bits per heavy atom. The Kier molecular flexibility index (Phi) is 4.10. The van der Waals surface area contributed by atoms with Gasteiger partial charge in [-0.1, -0.05) is 0 Å². The molecule has 2 atom stereocenters. The minimum atomic E-state index is -2.79. The van der Waals surface area contributed by atoms with Crippen LogP contribution in [-0.2, 0) is 9.53 Å². The number of rotatable bonds is 2. The number of amides is 1. The van der Waals surface area contributed by atoms with Gasteiger partial charge in [0.05, 0.1) is 11.6 Å². The van der Waals surface area contributed by atoms with Crippen molar-refractivity contribution < 1.29 is 18.3 Å². The molecule has 1 aromatic heterocycles. The highest BCUT2D eigenvalue weighted by Gasteiger charge is 2.60. The summed E-state index contributed by atoms with van der Waals surface area (Å²) in [5.74, 6) is -2.32. The van der Waals surface area contributed by atoms with E-state index in [-0.39, 0.29) is 32.0 Å². The molecular formula is C17H22F2N4O2. The summed E-state index contributed by atoms with van der Waals surface area (Å²) in [7, 11) is 0. The Labute approximate surface area is 145 Å². The van der Waals surface area contributed by atoms with Gasteiger partial charge >= 0.3 is 0 Å². The highest BCUT2D eigenvalue weighted by atomic mass is 19.3.